The van der Waals surface area contributed by atoms with Gasteiger partial charge >= 0.3 is 6.03 Å². The molecule has 3 heterocycles. The molecule has 1 aromatic heterocycles. The van der Waals surface area contributed by atoms with E-state index in [1.165, 1.54) is 11.1 Å². The van der Waals surface area contributed by atoms with Gasteiger partial charge in [-0.1, -0.05) is 106 Å². The van der Waals surface area contributed by atoms with Crippen molar-refractivity contribution in [3.8, 4) is 0 Å². The van der Waals surface area contributed by atoms with Gasteiger partial charge in [0.15, 0.2) is 8.32 Å². The molecule has 3 aromatic carbocycles. The van der Waals surface area contributed by atoms with E-state index in [0.29, 0.717) is 26.2 Å². The second-order valence-corrected chi connectivity index (χ2v) is 19.4. The normalized spacial score (nSPS) is 16.1. The van der Waals surface area contributed by atoms with Crippen molar-refractivity contribution < 1.29 is 9.22 Å². The molecule has 0 radical (unpaired) electrons. The quantitative estimate of drug-likeness (QED) is 0.121. The maximum absolute atomic E-state index is 13.7. The van der Waals surface area contributed by atoms with Crippen LogP contribution in [0.15, 0.2) is 108 Å². The molecule has 1 unspecified atom stereocenters. The van der Waals surface area contributed by atoms with Crippen molar-refractivity contribution in [2.24, 2.45) is 4.99 Å². The second-order valence-electron chi connectivity index (χ2n) is 14.6. The number of fused-ring (bicyclic) bond motifs is 1. The Labute approximate surface area is 287 Å². The summed E-state index contributed by atoms with van der Waals surface area (Å²) in [5, 5.41) is 0.0889. The molecule has 1 atom stereocenters. The van der Waals surface area contributed by atoms with E-state index in [4.69, 9.17) is 14.4 Å². The number of aromatic nitrogens is 1. The van der Waals surface area contributed by atoms with Crippen molar-refractivity contribution in [3.05, 3.63) is 131 Å². The van der Waals surface area contributed by atoms with Gasteiger partial charge in [0.1, 0.15) is 0 Å². The highest BCUT2D eigenvalue weighted by molar-refractivity contribution is 6.74. The Hall–Kier alpha value is -4.11. The fraction of sp³-hybridized carbons (Fsp3) is 0.375. The van der Waals surface area contributed by atoms with Gasteiger partial charge in [0.2, 0.25) is 0 Å². The Morgan fingerprint density at radius 3 is 2.06 bits per heavy atom. The summed E-state index contributed by atoms with van der Waals surface area (Å²) in [5.74, 6) is 0. The maximum Gasteiger partial charge on any atom is 0.320 e. The van der Waals surface area contributed by atoms with Crippen LogP contribution in [0.5, 0.6) is 0 Å². The molecule has 1 fully saturated rings. The highest BCUT2D eigenvalue weighted by Gasteiger charge is 2.41. The first-order valence-electron chi connectivity index (χ1n) is 17.2. The number of hydrogen-bond acceptors (Lipinski definition) is 5. The molecular formula is C40H49N5O2Si. The first-order valence-corrected chi connectivity index (χ1v) is 20.1. The van der Waals surface area contributed by atoms with E-state index < -0.39 is 8.32 Å². The molecule has 0 bridgehead atoms. The third-order valence-corrected chi connectivity index (χ3v) is 14.6. The molecule has 2 aliphatic heterocycles. The summed E-state index contributed by atoms with van der Waals surface area (Å²) in [7, 11) is -2.06. The summed E-state index contributed by atoms with van der Waals surface area (Å²) in [6, 6.07) is 33.2. The molecule has 2 amide bonds. The monoisotopic (exact) mass is 659 g/mol. The molecule has 2 aliphatic rings. The number of nitrogens with zero attached hydrogens (tertiary/aromatic N) is 5. The third-order valence-electron chi connectivity index (χ3n) is 10.0. The molecule has 250 valence electrons. The lowest BCUT2D eigenvalue weighted by molar-refractivity contribution is 0.0878. The molecule has 0 saturated carbocycles. The van der Waals surface area contributed by atoms with Crippen molar-refractivity contribution in [1.82, 2.24) is 19.7 Å². The molecule has 0 N–H and O–H groups in total. The summed E-state index contributed by atoms with van der Waals surface area (Å²) >= 11 is 0. The lowest BCUT2D eigenvalue weighted by atomic mass is 10.00. The van der Waals surface area contributed by atoms with Crippen molar-refractivity contribution >= 4 is 25.7 Å². The number of hydrogen-bond donors (Lipinski definition) is 0. The summed E-state index contributed by atoms with van der Waals surface area (Å²) in [4.78, 5) is 29.9. The molecular weight excluding hydrogens is 611 g/mol. The zero-order chi connectivity index (χ0) is 33.7. The van der Waals surface area contributed by atoms with Crippen LogP contribution < -0.4 is 0 Å². The molecule has 0 aliphatic carbocycles. The lowest BCUT2D eigenvalue weighted by Gasteiger charge is -2.42. The number of aliphatic imine (C=N–C) groups is 1. The van der Waals surface area contributed by atoms with Gasteiger partial charge < -0.3 is 14.2 Å². The Bertz CT molecular complexity index is 1660. The largest absolute Gasteiger partial charge is 0.411 e. The van der Waals surface area contributed by atoms with Crippen LogP contribution in [0.1, 0.15) is 48.7 Å². The highest BCUT2D eigenvalue weighted by atomic mass is 28.4. The number of carbonyl (C=O) groups is 1. The van der Waals surface area contributed by atoms with Gasteiger partial charge in [-0.2, -0.15) is 0 Å². The van der Waals surface area contributed by atoms with Crippen LogP contribution >= 0.6 is 0 Å². The average Bonchev–Trinajstić information content (AvgIpc) is 3.42. The Kier molecular flexibility index (Phi) is 10.2. The first kappa shape index (κ1) is 33.8. The van der Waals surface area contributed by atoms with Crippen LogP contribution in [0, 0.1) is 0 Å². The van der Waals surface area contributed by atoms with E-state index in [0.717, 1.165) is 54.3 Å². The van der Waals surface area contributed by atoms with Crippen molar-refractivity contribution in [1.29, 1.82) is 0 Å². The number of urea groups is 1. The minimum absolute atomic E-state index is 0.0428. The standard InChI is InChI=1S/C40H49N5O2Si/c1-40(2,3)48(4,5)47-37(29-43-23-22-31-14-12-13-19-34(31)27-43)30-45-25-24-44(39(45)46)28-36-21-20-35(26-41-36)42-38(32-15-8-6-9-16-32)33-17-10-7-11-18-33/h6-21,26,37H,22-25,27-30H2,1-5H3. The first-order chi connectivity index (χ1) is 23.1. The van der Waals surface area contributed by atoms with E-state index in [1.807, 2.05) is 58.3 Å². The molecule has 6 rings (SSSR count). The third kappa shape index (κ3) is 8.12. The smallest absolute Gasteiger partial charge is 0.320 e. The molecule has 4 aromatic rings. The Balaban J connectivity index is 1.12. The molecule has 7 nitrogen and oxygen atoms in total. The van der Waals surface area contributed by atoms with Gasteiger partial charge in [-0.3, -0.25) is 9.88 Å². The zero-order valence-electron chi connectivity index (χ0n) is 29.1. The number of rotatable bonds is 11. The van der Waals surface area contributed by atoms with E-state index in [9.17, 15) is 4.79 Å². The number of pyridine rings is 1. The number of carbonyl (C=O) groups excluding carboxylic acids is 1. The minimum atomic E-state index is -2.06. The second kappa shape index (κ2) is 14.6. The van der Waals surface area contributed by atoms with Gasteiger partial charge in [-0.05, 0) is 47.8 Å². The predicted molar refractivity (Wildman–Crippen MR) is 197 cm³/mol. The van der Waals surface area contributed by atoms with Crippen molar-refractivity contribution in [2.45, 2.75) is 64.5 Å². The molecule has 48 heavy (non-hydrogen) atoms. The molecule has 8 heteroatoms. The zero-order valence-corrected chi connectivity index (χ0v) is 30.1. The van der Waals surface area contributed by atoms with E-state index in [1.54, 1.807) is 6.20 Å². The van der Waals surface area contributed by atoms with E-state index >= 15 is 0 Å². The van der Waals surface area contributed by atoms with Crippen LogP contribution in [0.3, 0.4) is 0 Å². The van der Waals surface area contributed by atoms with Crippen molar-refractivity contribution in [2.75, 3.05) is 32.7 Å². The lowest BCUT2D eigenvalue weighted by Crippen LogP contribution is -2.51. The fourth-order valence-corrected chi connectivity index (χ4v) is 7.64. The van der Waals surface area contributed by atoms with E-state index in [2.05, 4.69) is 87.3 Å². The number of amides is 2. The maximum atomic E-state index is 13.7. The van der Waals surface area contributed by atoms with E-state index in [-0.39, 0.29) is 17.2 Å². The van der Waals surface area contributed by atoms with Gasteiger partial charge in [0.05, 0.1) is 35.9 Å². The fourth-order valence-electron chi connectivity index (χ4n) is 6.31. The van der Waals surface area contributed by atoms with Gasteiger partial charge in [-0.25, -0.2) is 9.79 Å². The highest BCUT2D eigenvalue weighted by Crippen LogP contribution is 2.38. The summed E-state index contributed by atoms with van der Waals surface area (Å²) < 4.78 is 7.03. The topological polar surface area (TPSA) is 61.3 Å². The van der Waals surface area contributed by atoms with Crippen LogP contribution in [0.2, 0.25) is 18.1 Å². The van der Waals surface area contributed by atoms with Crippen molar-refractivity contribution in [3.63, 3.8) is 0 Å². The van der Waals surface area contributed by atoms with Crippen LogP contribution in [0.4, 0.5) is 10.5 Å². The summed E-state index contributed by atoms with van der Waals surface area (Å²) in [6.45, 7) is 16.7. The van der Waals surface area contributed by atoms with Gasteiger partial charge in [0, 0.05) is 50.4 Å². The minimum Gasteiger partial charge on any atom is -0.411 e. The van der Waals surface area contributed by atoms with Gasteiger partial charge in [0.25, 0.3) is 0 Å². The summed E-state index contributed by atoms with van der Waals surface area (Å²) in [6.07, 6.45) is 2.81. The number of benzene rings is 3. The molecule has 1 saturated heterocycles. The average molecular weight is 660 g/mol. The van der Waals surface area contributed by atoms with Crippen LogP contribution in [0.25, 0.3) is 0 Å². The SMILES string of the molecule is CC(C)(C)[Si](C)(C)OC(CN1CCc2ccccc2C1)CN1CCN(Cc2ccc(N=C(c3ccccc3)c3ccccc3)cn2)C1=O. The summed E-state index contributed by atoms with van der Waals surface area (Å²) in [5.41, 5.74) is 7.49. The van der Waals surface area contributed by atoms with Crippen LogP contribution in [-0.4, -0.2) is 78.6 Å². The Morgan fingerprint density at radius 1 is 0.812 bits per heavy atom. The predicted octanol–water partition coefficient (Wildman–Crippen LogP) is 7.94. The Morgan fingerprint density at radius 2 is 1.44 bits per heavy atom. The van der Waals surface area contributed by atoms with Crippen LogP contribution in [-0.2, 0) is 23.9 Å². The molecule has 0 spiro atoms. The van der Waals surface area contributed by atoms with Gasteiger partial charge in [-0.15, -0.1) is 0 Å².